The van der Waals surface area contributed by atoms with Crippen molar-refractivity contribution < 1.29 is 19.1 Å². The molecule has 0 atom stereocenters. The van der Waals surface area contributed by atoms with Gasteiger partial charge < -0.3 is 9.64 Å². The van der Waals surface area contributed by atoms with Gasteiger partial charge in [0.25, 0.3) is 11.1 Å². The highest BCUT2D eigenvalue weighted by Crippen LogP contribution is 2.32. The van der Waals surface area contributed by atoms with Crippen molar-refractivity contribution in [2.45, 2.75) is 19.3 Å². The fourth-order valence-electron chi connectivity index (χ4n) is 2.94. The zero-order valence-electron chi connectivity index (χ0n) is 14.7. The molecule has 27 heavy (non-hydrogen) atoms. The molecule has 0 unspecified atom stereocenters. The van der Waals surface area contributed by atoms with E-state index in [4.69, 9.17) is 10.00 Å². The molecular formula is C19H19N3O4S. The lowest BCUT2D eigenvalue weighted by molar-refractivity contribution is -0.136. The van der Waals surface area contributed by atoms with E-state index in [1.54, 1.807) is 35.2 Å². The molecule has 0 N–H and O–H groups in total. The molecule has 7 nitrogen and oxygen atoms in total. The third-order valence-electron chi connectivity index (χ3n) is 4.36. The second-order valence-corrected chi connectivity index (χ2v) is 7.22. The number of likely N-dealkylation sites (tertiary alicyclic amines) is 1. The molecule has 2 aliphatic rings. The number of nitriles is 1. The molecule has 0 radical (unpaired) electrons. The summed E-state index contributed by atoms with van der Waals surface area (Å²) in [5, 5.41) is 8.08. The number of imide groups is 1. The van der Waals surface area contributed by atoms with E-state index in [1.807, 2.05) is 6.07 Å². The van der Waals surface area contributed by atoms with Gasteiger partial charge in [-0.05, 0) is 54.8 Å². The van der Waals surface area contributed by atoms with Crippen LogP contribution in [-0.2, 0) is 9.59 Å². The fraction of sp³-hybridized carbons (Fsp3) is 0.368. The number of ether oxygens (including phenoxy) is 1. The van der Waals surface area contributed by atoms with Gasteiger partial charge in [-0.1, -0.05) is 12.1 Å². The van der Waals surface area contributed by atoms with Gasteiger partial charge in [0.2, 0.25) is 5.91 Å². The topological polar surface area (TPSA) is 90.7 Å². The maximum atomic E-state index is 12.5. The Bertz CT molecular complexity index is 807. The van der Waals surface area contributed by atoms with Gasteiger partial charge in [-0.15, -0.1) is 0 Å². The molecule has 2 aliphatic heterocycles. The highest BCUT2D eigenvalue weighted by Gasteiger charge is 2.37. The van der Waals surface area contributed by atoms with Crippen molar-refractivity contribution in [2.75, 3.05) is 26.2 Å². The van der Waals surface area contributed by atoms with E-state index in [-0.39, 0.29) is 24.0 Å². The average Bonchev–Trinajstić information content (AvgIpc) is 2.95. The number of carbonyl (C=O) groups excluding carboxylic acids is 3. The highest BCUT2D eigenvalue weighted by atomic mass is 32.2. The Hall–Kier alpha value is -2.79. The first kappa shape index (κ1) is 19.0. The molecular weight excluding hydrogens is 366 g/mol. The number of hydrogen-bond acceptors (Lipinski definition) is 6. The van der Waals surface area contributed by atoms with Crippen LogP contribution in [0.5, 0.6) is 5.75 Å². The molecule has 8 heteroatoms. The molecule has 140 valence electrons. The Balaban J connectivity index is 1.65. The van der Waals surface area contributed by atoms with Crippen molar-refractivity contribution >= 4 is 34.9 Å². The summed E-state index contributed by atoms with van der Waals surface area (Å²) in [4.78, 5) is 40.1. The second kappa shape index (κ2) is 8.73. The normalized spacial score (nSPS) is 18.7. The number of thioether (sulfide) groups is 1. The van der Waals surface area contributed by atoms with Gasteiger partial charge >= 0.3 is 0 Å². The minimum atomic E-state index is -0.444. The number of carbonyl (C=O) groups is 3. The predicted molar refractivity (Wildman–Crippen MR) is 101 cm³/mol. The Morgan fingerprint density at radius 3 is 2.56 bits per heavy atom. The van der Waals surface area contributed by atoms with E-state index < -0.39 is 11.1 Å². The highest BCUT2D eigenvalue weighted by molar-refractivity contribution is 8.18. The van der Waals surface area contributed by atoms with Crippen LogP contribution in [0.15, 0.2) is 29.2 Å². The zero-order chi connectivity index (χ0) is 19.2. The summed E-state index contributed by atoms with van der Waals surface area (Å²) >= 11 is 0.837. The smallest absolute Gasteiger partial charge is 0.294 e. The van der Waals surface area contributed by atoms with Gasteiger partial charge in [0, 0.05) is 13.1 Å². The molecule has 1 aromatic carbocycles. The van der Waals surface area contributed by atoms with Gasteiger partial charge in [0.1, 0.15) is 18.4 Å². The zero-order valence-corrected chi connectivity index (χ0v) is 15.5. The van der Waals surface area contributed by atoms with E-state index in [2.05, 4.69) is 0 Å². The third kappa shape index (κ3) is 4.68. The van der Waals surface area contributed by atoms with E-state index in [1.165, 1.54) is 0 Å². The van der Waals surface area contributed by atoms with E-state index in [9.17, 15) is 14.4 Å². The molecule has 0 saturated carbocycles. The lowest BCUT2D eigenvalue weighted by atomic mass is 10.1. The molecule has 0 aliphatic carbocycles. The first-order valence-electron chi connectivity index (χ1n) is 8.71. The van der Waals surface area contributed by atoms with Crippen LogP contribution in [-0.4, -0.2) is 53.1 Å². The van der Waals surface area contributed by atoms with E-state index in [0.717, 1.165) is 41.5 Å². The number of hydrogen-bond donors (Lipinski definition) is 0. The summed E-state index contributed by atoms with van der Waals surface area (Å²) in [7, 11) is 0. The average molecular weight is 385 g/mol. The summed E-state index contributed by atoms with van der Waals surface area (Å²) in [6.45, 7) is 1.13. The summed E-state index contributed by atoms with van der Waals surface area (Å²) in [6, 6.07) is 8.74. The maximum absolute atomic E-state index is 12.5. The molecule has 0 spiro atoms. The molecule has 2 fully saturated rings. The number of rotatable bonds is 5. The first-order valence-corrected chi connectivity index (χ1v) is 9.53. The molecule has 1 aromatic rings. The lowest BCUT2D eigenvalue weighted by Crippen LogP contribution is -2.44. The Morgan fingerprint density at radius 2 is 1.89 bits per heavy atom. The summed E-state index contributed by atoms with van der Waals surface area (Å²) in [5.74, 6) is -0.0775. The quantitative estimate of drug-likeness (QED) is 0.724. The van der Waals surface area contributed by atoms with Crippen molar-refractivity contribution in [1.82, 2.24) is 9.80 Å². The molecule has 3 rings (SSSR count). The molecule has 0 bridgehead atoms. The van der Waals surface area contributed by atoms with Crippen LogP contribution < -0.4 is 4.74 Å². The van der Waals surface area contributed by atoms with Crippen molar-refractivity contribution in [3.05, 3.63) is 34.7 Å². The predicted octanol–water partition coefficient (Wildman–Crippen LogP) is 2.64. The largest absolute Gasteiger partial charge is 0.479 e. The van der Waals surface area contributed by atoms with Crippen LogP contribution in [0.25, 0.3) is 6.08 Å². The van der Waals surface area contributed by atoms with Gasteiger partial charge in [-0.2, -0.15) is 5.26 Å². The van der Waals surface area contributed by atoms with Gasteiger partial charge in [-0.25, -0.2) is 0 Å². The third-order valence-corrected chi connectivity index (χ3v) is 5.26. The van der Waals surface area contributed by atoms with E-state index in [0.29, 0.717) is 18.8 Å². The minimum absolute atomic E-state index is 0.0384. The van der Waals surface area contributed by atoms with Crippen LogP contribution in [0.2, 0.25) is 0 Å². The molecule has 2 heterocycles. The Morgan fingerprint density at radius 1 is 1.19 bits per heavy atom. The number of benzene rings is 1. The van der Waals surface area contributed by atoms with Gasteiger partial charge in [0.15, 0.2) is 6.61 Å². The summed E-state index contributed by atoms with van der Waals surface area (Å²) in [6.07, 6.45) is 4.64. The molecule has 2 saturated heterocycles. The fourth-order valence-corrected chi connectivity index (χ4v) is 3.78. The number of nitrogens with zero attached hydrogens (tertiary/aromatic N) is 3. The van der Waals surface area contributed by atoms with Crippen LogP contribution in [0.4, 0.5) is 4.79 Å². The van der Waals surface area contributed by atoms with Gasteiger partial charge in [-0.3, -0.25) is 19.3 Å². The van der Waals surface area contributed by atoms with Crippen LogP contribution in [0.3, 0.4) is 0 Å². The second-order valence-electron chi connectivity index (χ2n) is 6.23. The van der Waals surface area contributed by atoms with Crippen molar-refractivity contribution in [3.63, 3.8) is 0 Å². The standard InChI is InChI=1S/C19H19N3O4S/c20-8-11-26-15-6-4-14(5-7-15)12-16-18(24)22(19(25)27-16)13-17(23)21-9-2-1-3-10-21/h4-7,12H,1-3,9-11,13H2/b16-12-. The molecule has 0 aromatic heterocycles. The van der Waals surface area contributed by atoms with Crippen LogP contribution in [0.1, 0.15) is 24.8 Å². The lowest BCUT2D eigenvalue weighted by Gasteiger charge is -2.27. The monoisotopic (exact) mass is 385 g/mol. The van der Waals surface area contributed by atoms with Crippen LogP contribution in [0, 0.1) is 11.3 Å². The summed E-state index contributed by atoms with van der Waals surface area (Å²) < 4.78 is 5.18. The Labute approximate surface area is 161 Å². The van der Waals surface area contributed by atoms with Gasteiger partial charge in [0.05, 0.1) is 4.91 Å². The first-order chi connectivity index (χ1) is 13.1. The van der Waals surface area contributed by atoms with Crippen molar-refractivity contribution in [3.8, 4) is 11.8 Å². The Kier molecular flexibility index (Phi) is 6.14. The van der Waals surface area contributed by atoms with Crippen LogP contribution >= 0.6 is 11.8 Å². The minimum Gasteiger partial charge on any atom is -0.479 e. The SMILES string of the molecule is N#CCOc1ccc(/C=C2\SC(=O)N(CC(=O)N3CCCCC3)C2=O)cc1. The molecule has 3 amide bonds. The maximum Gasteiger partial charge on any atom is 0.294 e. The van der Waals surface area contributed by atoms with E-state index >= 15 is 0 Å². The number of amides is 3. The summed E-state index contributed by atoms with van der Waals surface area (Å²) in [5.41, 5.74) is 0.729. The van der Waals surface area contributed by atoms with Crippen molar-refractivity contribution in [2.24, 2.45) is 0 Å². The number of piperidine rings is 1. The van der Waals surface area contributed by atoms with Crippen molar-refractivity contribution in [1.29, 1.82) is 5.26 Å².